The number of aryl methyl sites for hydroxylation is 1. The Hall–Kier alpha value is -2.02. The smallest absolute Gasteiger partial charge is 0.236 e. The molecule has 0 aliphatic heterocycles. The van der Waals surface area contributed by atoms with Crippen LogP contribution in [0.2, 0.25) is 0 Å². The third kappa shape index (κ3) is 2.49. The Morgan fingerprint density at radius 1 is 1.64 bits per heavy atom. The molecule has 0 bridgehead atoms. The standard InChI is InChI=1S/C10H11N3O/c1-7-4-8(5-11)2-3-9(7)13-6-10(12)14/h2-4,13H,6H2,1H3,(H2,12,14). The lowest BCUT2D eigenvalue weighted by atomic mass is 10.1. The molecular weight excluding hydrogens is 178 g/mol. The van der Waals surface area contributed by atoms with E-state index in [0.717, 1.165) is 11.3 Å². The van der Waals surface area contributed by atoms with Crippen LogP contribution in [0.4, 0.5) is 5.69 Å². The zero-order valence-corrected chi connectivity index (χ0v) is 7.87. The monoisotopic (exact) mass is 189 g/mol. The van der Waals surface area contributed by atoms with E-state index in [1.54, 1.807) is 18.2 Å². The van der Waals surface area contributed by atoms with Crippen LogP contribution in [0.1, 0.15) is 11.1 Å². The number of rotatable bonds is 3. The lowest BCUT2D eigenvalue weighted by molar-refractivity contribution is -0.116. The van der Waals surface area contributed by atoms with E-state index >= 15 is 0 Å². The van der Waals surface area contributed by atoms with E-state index < -0.39 is 5.91 Å². The molecule has 0 saturated carbocycles. The minimum Gasteiger partial charge on any atom is -0.376 e. The maximum absolute atomic E-state index is 10.5. The van der Waals surface area contributed by atoms with E-state index in [9.17, 15) is 4.79 Å². The minimum absolute atomic E-state index is 0.104. The first kappa shape index (κ1) is 10.1. The number of nitrogens with one attached hydrogen (secondary N) is 1. The molecule has 0 unspecified atom stereocenters. The summed E-state index contributed by atoms with van der Waals surface area (Å²) in [5.74, 6) is -0.409. The molecule has 0 aliphatic rings. The number of hydrogen-bond donors (Lipinski definition) is 2. The van der Waals surface area contributed by atoms with Gasteiger partial charge in [-0.15, -0.1) is 0 Å². The second-order valence-electron chi connectivity index (χ2n) is 2.96. The van der Waals surface area contributed by atoms with Crippen molar-refractivity contribution in [2.45, 2.75) is 6.92 Å². The summed E-state index contributed by atoms with van der Waals surface area (Å²) < 4.78 is 0. The summed E-state index contributed by atoms with van der Waals surface area (Å²) in [6.45, 7) is 1.97. The van der Waals surface area contributed by atoms with E-state index in [1.165, 1.54) is 0 Å². The molecule has 1 aromatic rings. The van der Waals surface area contributed by atoms with Crippen LogP contribution < -0.4 is 11.1 Å². The summed E-state index contributed by atoms with van der Waals surface area (Å²) in [4.78, 5) is 10.5. The number of nitrogens with two attached hydrogens (primary N) is 1. The second kappa shape index (κ2) is 4.28. The van der Waals surface area contributed by atoms with E-state index in [0.29, 0.717) is 5.56 Å². The van der Waals surface area contributed by atoms with Gasteiger partial charge >= 0.3 is 0 Å². The van der Waals surface area contributed by atoms with Gasteiger partial charge in [0.1, 0.15) is 0 Å². The summed E-state index contributed by atoms with van der Waals surface area (Å²) >= 11 is 0. The van der Waals surface area contributed by atoms with Crippen molar-refractivity contribution in [2.75, 3.05) is 11.9 Å². The zero-order valence-electron chi connectivity index (χ0n) is 7.87. The average Bonchev–Trinajstić information content (AvgIpc) is 2.15. The number of benzene rings is 1. The van der Waals surface area contributed by atoms with E-state index in [4.69, 9.17) is 11.0 Å². The van der Waals surface area contributed by atoms with Gasteiger partial charge in [0.05, 0.1) is 18.2 Å². The van der Waals surface area contributed by atoms with E-state index in [2.05, 4.69) is 5.32 Å². The van der Waals surface area contributed by atoms with E-state index in [1.807, 2.05) is 13.0 Å². The van der Waals surface area contributed by atoms with Gasteiger partial charge in [-0.2, -0.15) is 5.26 Å². The molecular formula is C10H11N3O. The molecule has 1 aromatic carbocycles. The van der Waals surface area contributed by atoms with Gasteiger partial charge in [-0.3, -0.25) is 4.79 Å². The molecule has 0 saturated heterocycles. The molecule has 72 valence electrons. The van der Waals surface area contributed by atoms with Crippen molar-refractivity contribution in [3.05, 3.63) is 29.3 Å². The maximum Gasteiger partial charge on any atom is 0.236 e. The maximum atomic E-state index is 10.5. The van der Waals surface area contributed by atoms with Gasteiger partial charge in [0.25, 0.3) is 0 Å². The largest absolute Gasteiger partial charge is 0.376 e. The van der Waals surface area contributed by atoms with Crippen molar-refractivity contribution in [2.24, 2.45) is 5.73 Å². The number of carbonyl (C=O) groups is 1. The fourth-order valence-electron chi connectivity index (χ4n) is 1.11. The van der Waals surface area contributed by atoms with Crippen LogP contribution in [0.25, 0.3) is 0 Å². The van der Waals surface area contributed by atoms with Crippen LogP contribution in [0.5, 0.6) is 0 Å². The lowest BCUT2D eigenvalue weighted by Crippen LogP contribution is -2.22. The minimum atomic E-state index is -0.409. The van der Waals surface area contributed by atoms with Crippen molar-refractivity contribution in [3.8, 4) is 6.07 Å². The van der Waals surface area contributed by atoms with Gasteiger partial charge in [0, 0.05) is 5.69 Å². The lowest BCUT2D eigenvalue weighted by Gasteiger charge is -2.07. The molecule has 0 spiro atoms. The molecule has 0 radical (unpaired) electrons. The van der Waals surface area contributed by atoms with Crippen LogP contribution in [0, 0.1) is 18.3 Å². The highest BCUT2D eigenvalue weighted by atomic mass is 16.1. The molecule has 0 atom stereocenters. The van der Waals surface area contributed by atoms with Gasteiger partial charge in [0.15, 0.2) is 0 Å². The fourth-order valence-corrected chi connectivity index (χ4v) is 1.11. The Morgan fingerprint density at radius 3 is 2.86 bits per heavy atom. The molecule has 0 aromatic heterocycles. The van der Waals surface area contributed by atoms with Gasteiger partial charge in [0.2, 0.25) is 5.91 Å². The summed E-state index contributed by atoms with van der Waals surface area (Å²) in [7, 11) is 0. The van der Waals surface area contributed by atoms with Crippen LogP contribution in [0.3, 0.4) is 0 Å². The van der Waals surface area contributed by atoms with Crippen LogP contribution in [0.15, 0.2) is 18.2 Å². The highest BCUT2D eigenvalue weighted by Gasteiger charge is 2.00. The van der Waals surface area contributed by atoms with E-state index in [-0.39, 0.29) is 6.54 Å². The molecule has 1 rings (SSSR count). The fraction of sp³-hybridized carbons (Fsp3) is 0.200. The quantitative estimate of drug-likeness (QED) is 0.736. The summed E-state index contributed by atoms with van der Waals surface area (Å²) in [5.41, 5.74) is 7.34. The molecule has 4 heteroatoms. The summed E-state index contributed by atoms with van der Waals surface area (Å²) in [6.07, 6.45) is 0. The van der Waals surface area contributed by atoms with Crippen molar-refractivity contribution >= 4 is 11.6 Å². The molecule has 14 heavy (non-hydrogen) atoms. The van der Waals surface area contributed by atoms with Gasteiger partial charge < -0.3 is 11.1 Å². The number of hydrogen-bond acceptors (Lipinski definition) is 3. The first-order chi connectivity index (χ1) is 6.63. The Bertz CT molecular complexity index is 393. The molecule has 0 aliphatic carbocycles. The summed E-state index contributed by atoms with van der Waals surface area (Å²) in [5, 5.41) is 11.5. The first-order valence-electron chi connectivity index (χ1n) is 4.16. The highest BCUT2D eigenvalue weighted by Crippen LogP contribution is 2.15. The third-order valence-electron chi connectivity index (χ3n) is 1.81. The number of primary amides is 1. The Balaban J connectivity index is 2.80. The molecule has 4 nitrogen and oxygen atoms in total. The molecule has 0 heterocycles. The topological polar surface area (TPSA) is 78.9 Å². The van der Waals surface area contributed by atoms with Crippen molar-refractivity contribution < 1.29 is 4.79 Å². The van der Waals surface area contributed by atoms with Crippen LogP contribution in [-0.2, 0) is 4.79 Å². The third-order valence-corrected chi connectivity index (χ3v) is 1.81. The predicted molar refractivity (Wildman–Crippen MR) is 53.6 cm³/mol. The average molecular weight is 189 g/mol. The molecule has 1 amide bonds. The van der Waals surface area contributed by atoms with Crippen molar-refractivity contribution in [3.63, 3.8) is 0 Å². The number of carbonyl (C=O) groups excluding carboxylic acids is 1. The normalized spacial score (nSPS) is 9.14. The van der Waals surface area contributed by atoms with Crippen molar-refractivity contribution in [1.29, 1.82) is 5.26 Å². The predicted octanol–water partition coefficient (Wildman–Crippen LogP) is 0.764. The number of amides is 1. The van der Waals surface area contributed by atoms with Gasteiger partial charge in [-0.05, 0) is 30.7 Å². The van der Waals surface area contributed by atoms with Gasteiger partial charge in [-0.25, -0.2) is 0 Å². The molecule has 3 N–H and O–H groups in total. The highest BCUT2D eigenvalue weighted by molar-refractivity contribution is 5.79. The van der Waals surface area contributed by atoms with Gasteiger partial charge in [-0.1, -0.05) is 0 Å². The summed E-state index contributed by atoms with van der Waals surface area (Å²) in [6, 6.07) is 7.25. The second-order valence-corrected chi connectivity index (χ2v) is 2.96. The Morgan fingerprint density at radius 2 is 2.36 bits per heavy atom. The van der Waals surface area contributed by atoms with Crippen LogP contribution >= 0.6 is 0 Å². The number of nitrogens with zero attached hydrogens (tertiary/aromatic N) is 1. The number of nitriles is 1. The van der Waals surface area contributed by atoms with Crippen molar-refractivity contribution in [1.82, 2.24) is 0 Å². The SMILES string of the molecule is Cc1cc(C#N)ccc1NCC(N)=O. The molecule has 0 fully saturated rings. The Labute approximate surface area is 82.3 Å². The first-order valence-corrected chi connectivity index (χ1v) is 4.16. The Kier molecular flexibility index (Phi) is 3.08. The number of anilines is 1. The van der Waals surface area contributed by atoms with Crippen LogP contribution in [-0.4, -0.2) is 12.5 Å². The zero-order chi connectivity index (χ0) is 10.6.